The summed E-state index contributed by atoms with van der Waals surface area (Å²) in [5, 5.41) is 6.73. The van der Waals surface area contributed by atoms with Crippen molar-refractivity contribution in [3.8, 4) is 0 Å². The average molecular weight is 339 g/mol. The molecule has 24 heavy (non-hydrogen) atoms. The molecular weight excluding hydrogens is 306 g/mol. The Hall–Kier alpha value is -1.34. The number of rotatable bonds is 6. The largest absolute Gasteiger partial charge is 0.379 e. The molecule has 7 heteroatoms. The fourth-order valence-corrected chi connectivity index (χ4v) is 3.62. The lowest BCUT2D eigenvalue weighted by Crippen LogP contribution is -2.50. The van der Waals surface area contributed by atoms with Crippen LogP contribution in [0.15, 0.2) is 4.99 Å². The highest BCUT2D eigenvalue weighted by atomic mass is 16.5. The number of morpholine rings is 1. The van der Waals surface area contributed by atoms with Crippen LogP contribution in [0.25, 0.3) is 0 Å². The molecule has 138 valence electrons. The van der Waals surface area contributed by atoms with Gasteiger partial charge >= 0.3 is 0 Å². The smallest absolute Gasteiger partial charge is 0.230 e. The monoisotopic (exact) mass is 339 g/mol. The van der Waals surface area contributed by atoms with Crippen molar-refractivity contribution in [2.75, 3.05) is 67.1 Å². The molecule has 1 amide bonds. The second-order valence-electron chi connectivity index (χ2n) is 6.99. The quantitative estimate of drug-likeness (QED) is 0.532. The molecule has 1 aliphatic heterocycles. The van der Waals surface area contributed by atoms with Crippen molar-refractivity contribution in [1.29, 1.82) is 0 Å². The SMILES string of the molecule is CN=C(NCCN1CCOCC1)NCC1(C(=O)N(C)C)CCCC1. The van der Waals surface area contributed by atoms with Crippen molar-refractivity contribution in [1.82, 2.24) is 20.4 Å². The number of aliphatic imine (C=N–C) groups is 1. The van der Waals surface area contributed by atoms with Gasteiger partial charge in [-0.25, -0.2) is 0 Å². The molecule has 0 aromatic carbocycles. The Morgan fingerprint density at radius 3 is 2.46 bits per heavy atom. The van der Waals surface area contributed by atoms with Gasteiger partial charge < -0.3 is 20.3 Å². The van der Waals surface area contributed by atoms with Gasteiger partial charge in [-0.2, -0.15) is 0 Å². The standard InChI is InChI=1S/C17H33N5O2/c1-18-16(19-8-9-22-10-12-24-13-11-22)20-14-17(6-4-5-7-17)15(23)21(2)3/h4-14H2,1-3H3,(H2,18,19,20). The highest BCUT2D eigenvalue weighted by Crippen LogP contribution is 2.38. The number of ether oxygens (including phenoxy) is 1. The summed E-state index contributed by atoms with van der Waals surface area (Å²) in [5.41, 5.74) is -0.272. The first-order chi connectivity index (χ1) is 11.6. The fourth-order valence-electron chi connectivity index (χ4n) is 3.62. The molecule has 0 aromatic heterocycles. The van der Waals surface area contributed by atoms with Crippen LogP contribution in [0.3, 0.4) is 0 Å². The van der Waals surface area contributed by atoms with Gasteiger partial charge in [-0.3, -0.25) is 14.7 Å². The van der Waals surface area contributed by atoms with E-state index in [1.54, 1.807) is 11.9 Å². The minimum Gasteiger partial charge on any atom is -0.379 e. The number of hydrogen-bond acceptors (Lipinski definition) is 4. The minimum atomic E-state index is -0.272. The molecule has 2 rings (SSSR count). The molecule has 0 unspecified atom stereocenters. The lowest BCUT2D eigenvalue weighted by molar-refractivity contribution is -0.138. The van der Waals surface area contributed by atoms with Crippen molar-refractivity contribution >= 4 is 11.9 Å². The van der Waals surface area contributed by atoms with E-state index in [1.807, 2.05) is 14.1 Å². The van der Waals surface area contributed by atoms with Gasteiger partial charge in [0.05, 0.1) is 18.6 Å². The van der Waals surface area contributed by atoms with Crippen LogP contribution >= 0.6 is 0 Å². The zero-order valence-corrected chi connectivity index (χ0v) is 15.4. The summed E-state index contributed by atoms with van der Waals surface area (Å²) >= 11 is 0. The van der Waals surface area contributed by atoms with Crippen LogP contribution < -0.4 is 10.6 Å². The van der Waals surface area contributed by atoms with Crippen molar-refractivity contribution in [2.45, 2.75) is 25.7 Å². The van der Waals surface area contributed by atoms with Crippen LogP contribution in [-0.2, 0) is 9.53 Å². The van der Waals surface area contributed by atoms with Crippen LogP contribution in [0.5, 0.6) is 0 Å². The van der Waals surface area contributed by atoms with E-state index < -0.39 is 0 Å². The number of nitrogens with zero attached hydrogens (tertiary/aromatic N) is 3. The molecule has 0 bridgehead atoms. The molecule has 1 heterocycles. The highest BCUT2D eigenvalue weighted by Gasteiger charge is 2.42. The molecule has 1 saturated carbocycles. The lowest BCUT2D eigenvalue weighted by atomic mass is 9.84. The normalized spacial score (nSPS) is 21.5. The Morgan fingerprint density at radius 2 is 1.88 bits per heavy atom. The van der Waals surface area contributed by atoms with E-state index in [0.29, 0.717) is 6.54 Å². The first-order valence-corrected chi connectivity index (χ1v) is 9.04. The summed E-state index contributed by atoms with van der Waals surface area (Å²) in [6, 6.07) is 0. The van der Waals surface area contributed by atoms with E-state index in [2.05, 4.69) is 20.5 Å². The highest BCUT2D eigenvalue weighted by molar-refractivity contribution is 5.85. The zero-order chi connectivity index (χ0) is 17.4. The molecule has 1 aliphatic carbocycles. The first-order valence-electron chi connectivity index (χ1n) is 9.04. The van der Waals surface area contributed by atoms with E-state index in [-0.39, 0.29) is 11.3 Å². The van der Waals surface area contributed by atoms with Gasteiger partial charge in [0, 0.05) is 53.9 Å². The summed E-state index contributed by atoms with van der Waals surface area (Å²) in [6.45, 7) is 6.11. The fraction of sp³-hybridized carbons (Fsp3) is 0.882. The lowest BCUT2D eigenvalue weighted by Gasteiger charge is -2.31. The van der Waals surface area contributed by atoms with Crippen LogP contribution in [-0.4, -0.2) is 88.7 Å². The van der Waals surface area contributed by atoms with Gasteiger partial charge in [-0.05, 0) is 12.8 Å². The Labute approximate surface area is 145 Å². The molecule has 2 fully saturated rings. The van der Waals surface area contributed by atoms with Crippen molar-refractivity contribution in [3.05, 3.63) is 0 Å². The summed E-state index contributed by atoms with van der Waals surface area (Å²) in [7, 11) is 5.47. The third-order valence-corrected chi connectivity index (χ3v) is 5.06. The maximum absolute atomic E-state index is 12.6. The molecular formula is C17H33N5O2. The Kier molecular flexibility index (Phi) is 7.30. The molecule has 0 aromatic rings. The number of amides is 1. The van der Waals surface area contributed by atoms with E-state index in [4.69, 9.17) is 4.74 Å². The van der Waals surface area contributed by atoms with Gasteiger partial charge in [0.25, 0.3) is 0 Å². The molecule has 0 atom stereocenters. The van der Waals surface area contributed by atoms with E-state index in [9.17, 15) is 4.79 Å². The van der Waals surface area contributed by atoms with Crippen LogP contribution in [0.4, 0.5) is 0 Å². The molecule has 0 radical (unpaired) electrons. The molecule has 2 aliphatic rings. The zero-order valence-electron chi connectivity index (χ0n) is 15.4. The predicted molar refractivity (Wildman–Crippen MR) is 96.2 cm³/mol. The molecule has 7 nitrogen and oxygen atoms in total. The first kappa shape index (κ1) is 19.0. The third-order valence-electron chi connectivity index (χ3n) is 5.06. The van der Waals surface area contributed by atoms with Crippen LogP contribution in [0.2, 0.25) is 0 Å². The number of carbonyl (C=O) groups excluding carboxylic acids is 1. The Balaban J connectivity index is 1.78. The second kappa shape index (κ2) is 9.22. The second-order valence-corrected chi connectivity index (χ2v) is 6.99. The van der Waals surface area contributed by atoms with E-state index >= 15 is 0 Å². The number of hydrogen-bond donors (Lipinski definition) is 2. The predicted octanol–water partition coefficient (Wildman–Crippen LogP) is 0.132. The molecule has 2 N–H and O–H groups in total. The Bertz CT molecular complexity index is 427. The summed E-state index contributed by atoms with van der Waals surface area (Å²) in [5.74, 6) is 1.01. The Morgan fingerprint density at radius 1 is 1.21 bits per heavy atom. The average Bonchev–Trinajstić information content (AvgIpc) is 3.08. The summed E-state index contributed by atoms with van der Waals surface area (Å²) in [4.78, 5) is 21.0. The summed E-state index contributed by atoms with van der Waals surface area (Å²) in [6.07, 6.45) is 4.18. The topological polar surface area (TPSA) is 69.2 Å². The maximum Gasteiger partial charge on any atom is 0.230 e. The van der Waals surface area contributed by atoms with E-state index in [0.717, 1.165) is 71.0 Å². The van der Waals surface area contributed by atoms with Gasteiger partial charge in [0.15, 0.2) is 5.96 Å². The van der Waals surface area contributed by atoms with Gasteiger partial charge in [0.2, 0.25) is 5.91 Å². The van der Waals surface area contributed by atoms with Gasteiger partial charge in [-0.15, -0.1) is 0 Å². The molecule has 1 saturated heterocycles. The van der Waals surface area contributed by atoms with Gasteiger partial charge in [-0.1, -0.05) is 12.8 Å². The van der Waals surface area contributed by atoms with Crippen LogP contribution in [0.1, 0.15) is 25.7 Å². The number of carbonyl (C=O) groups is 1. The summed E-state index contributed by atoms with van der Waals surface area (Å²) < 4.78 is 5.36. The molecule has 0 spiro atoms. The van der Waals surface area contributed by atoms with Crippen molar-refractivity contribution in [2.24, 2.45) is 10.4 Å². The van der Waals surface area contributed by atoms with Crippen molar-refractivity contribution < 1.29 is 9.53 Å². The third kappa shape index (κ3) is 5.08. The van der Waals surface area contributed by atoms with E-state index in [1.165, 1.54) is 0 Å². The number of nitrogens with one attached hydrogen (secondary N) is 2. The minimum absolute atomic E-state index is 0.233. The number of guanidine groups is 1. The van der Waals surface area contributed by atoms with Crippen LogP contribution in [0, 0.1) is 5.41 Å². The van der Waals surface area contributed by atoms with Gasteiger partial charge in [0.1, 0.15) is 0 Å². The van der Waals surface area contributed by atoms with Crippen molar-refractivity contribution in [3.63, 3.8) is 0 Å². The maximum atomic E-state index is 12.6.